The maximum Gasteiger partial charge on any atom is 0.0491 e. The predicted molar refractivity (Wildman–Crippen MR) is 84.8 cm³/mol. The van der Waals surface area contributed by atoms with E-state index in [1.54, 1.807) is 0 Å². The Morgan fingerprint density at radius 1 is 0.895 bits per heavy atom. The minimum Gasteiger partial charge on any atom is -0.260 e. The molecule has 1 aromatic rings. The molecule has 0 bridgehead atoms. The summed E-state index contributed by atoms with van der Waals surface area (Å²) in [5, 5.41) is 0. The first-order chi connectivity index (χ1) is 8.86. The molecule has 1 heterocycles. The van der Waals surface area contributed by atoms with Gasteiger partial charge in [-0.05, 0) is 49.1 Å². The average Bonchev–Trinajstić information content (AvgIpc) is 2.45. The summed E-state index contributed by atoms with van der Waals surface area (Å²) in [5.41, 5.74) is 4.53. The molecular formula is C18H31N. The lowest BCUT2D eigenvalue weighted by Crippen LogP contribution is -2.25. The summed E-state index contributed by atoms with van der Waals surface area (Å²) < 4.78 is 0. The molecule has 0 aliphatic rings. The van der Waals surface area contributed by atoms with Gasteiger partial charge in [-0.1, -0.05) is 47.6 Å². The van der Waals surface area contributed by atoms with Gasteiger partial charge in [0.05, 0.1) is 0 Å². The van der Waals surface area contributed by atoms with Crippen molar-refractivity contribution < 1.29 is 0 Å². The standard InChI is InChI=1S/C18H31N/c1-8-17(6,9-2)15-12-14(5)16(19-13-15)18(7,10-3)11-4/h12-13H,8-11H2,1-7H3. The van der Waals surface area contributed by atoms with Crippen LogP contribution in [0.2, 0.25) is 0 Å². The second-order valence-electron chi connectivity index (χ2n) is 6.43. The Bertz CT molecular complexity index is 412. The van der Waals surface area contributed by atoms with Crippen LogP contribution in [0.5, 0.6) is 0 Å². The zero-order valence-electron chi connectivity index (χ0n) is 13.9. The molecule has 0 saturated heterocycles. The minimum absolute atomic E-state index is 0.220. The molecular weight excluding hydrogens is 230 g/mol. The Morgan fingerprint density at radius 2 is 1.37 bits per heavy atom. The number of pyridine rings is 1. The lowest BCUT2D eigenvalue weighted by Gasteiger charge is -2.31. The molecule has 0 atom stereocenters. The van der Waals surface area contributed by atoms with Crippen LogP contribution in [0.4, 0.5) is 0 Å². The number of rotatable bonds is 6. The Labute approximate surface area is 119 Å². The maximum absolute atomic E-state index is 4.85. The first-order valence-corrected chi connectivity index (χ1v) is 7.84. The van der Waals surface area contributed by atoms with Crippen LogP contribution < -0.4 is 0 Å². The Hall–Kier alpha value is -0.850. The van der Waals surface area contributed by atoms with Crippen LogP contribution in [0, 0.1) is 6.92 Å². The van der Waals surface area contributed by atoms with E-state index in [9.17, 15) is 0 Å². The summed E-state index contributed by atoms with van der Waals surface area (Å²) in [6.07, 6.45) is 6.76. The van der Waals surface area contributed by atoms with Crippen LogP contribution in [0.1, 0.15) is 84.0 Å². The highest BCUT2D eigenvalue weighted by atomic mass is 14.7. The van der Waals surface area contributed by atoms with Crippen LogP contribution in [-0.2, 0) is 10.8 Å². The summed E-state index contributed by atoms with van der Waals surface area (Å²) in [7, 11) is 0. The molecule has 0 aromatic carbocycles. The van der Waals surface area contributed by atoms with Gasteiger partial charge in [-0.2, -0.15) is 0 Å². The van der Waals surface area contributed by atoms with Crippen LogP contribution >= 0.6 is 0 Å². The van der Waals surface area contributed by atoms with Crippen molar-refractivity contribution in [2.75, 3.05) is 0 Å². The predicted octanol–water partition coefficient (Wildman–Crippen LogP) is 5.55. The minimum atomic E-state index is 0.220. The van der Waals surface area contributed by atoms with Gasteiger partial charge in [-0.3, -0.25) is 4.98 Å². The van der Waals surface area contributed by atoms with Gasteiger partial charge < -0.3 is 0 Å². The van der Waals surface area contributed by atoms with Crippen molar-refractivity contribution in [3.63, 3.8) is 0 Å². The van der Waals surface area contributed by atoms with Crippen molar-refractivity contribution >= 4 is 0 Å². The molecule has 0 fully saturated rings. The first kappa shape index (κ1) is 16.2. The summed E-state index contributed by atoms with van der Waals surface area (Å²) in [5.74, 6) is 0. The quantitative estimate of drug-likeness (QED) is 0.654. The van der Waals surface area contributed by atoms with Crippen molar-refractivity contribution in [1.82, 2.24) is 4.98 Å². The van der Waals surface area contributed by atoms with Gasteiger partial charge >= 0.3 is 0 Å². The third-order valence-corrected chi connectivity index (χ3v) is 5.47. The molecule has 0 aliphatic carbocycles. The monoisotopic (exact) mass is 261 g/mol. The van der Waals surface area contributed by atoms with Gasteiger partial charge in [-0.15, -0.1) is 0 Å². The van der Waals surface area contributed by atoms with Crippen molar-refractivity contribution in [3.05, 3.63) is 29.1 Å². The summed E-state index contributed by atoms with van der Waals surface area (Å²) in [4.78, 5) is 4.85. The maximum atomic E-state index is 4.85. The van der Waals surface area contributed by atoms with E-state index in [0.717, 1.165) is 12.8 Å². The third kappa shape index (κ3) is 3.01. The molecule has 108 valence electrons. The van der Waals surface area contributed by atoms with E-state index in [2.05, 4.69) is 60.7 Å². The Morgan fingerprint density at radius 3 is 1.74 bits per heavy atom. The molecule has 0 radical (unpaired) electrons. The molecule has 0 spiro atoms. The summed E-state index contributed by atoms with van der Waals surface area (Å²) in [6.45, 7) is 16.0. The lowest BCUT2D eigenvalue weighted by molar-refractivity contribution is 0.415. The highest BCUT2D eigenvalue weighted by Gasteiger charge is 2.28. The van der Waals surface area contributed by atoms with Gasteiger partial charge in [0, 0.05) is 17.3 Å². The molecule has 0 amide bonds. The van der Waals surface area contributed by atoms with Gasteiger partial charge in [0.1, 0.15) is 0 Å². The smallest absolute Gasteiger partial charge is 0.0491 e. The van der Waals surface area contributed by atoms with E-state index in [-0.39, 0.29) is 10.8 Å². The van der Waals surface area contributed by atoms with E-state index in [0.29, 0.717) is 0 Å². The fourth-order valence-corrected chi connectivity index (χ4v) is 2.78. The number of hydrogen-bond acceptors (Lipinski definition) is 1. The zero-order chi connectivity index (χ0) is 14.7. The van der Waals surface area contributed by atoms with Crippen molar-refractivity contribution in [3.8, 4) is 0 Å². The van der Waals surface area contributed by atoms with E-state index in [1.807, 2.05) is 0 Å². The first-order valence-electron chi connectivity index (χ1n) is 7.84. The second-order valence-corrected chi connectivity index (χ2v) is 6.43. The van der Waals surface area contributed by atoms with E-state index < -0.39 is 0 Å². The summed E-state index contributed by atoms with van der Waals surface area (Å²) >= 11 is 0. The van der Waals surface area contributed by atoms with E-state index in [4.69, 9.17) is 4.98 Å². The number of hydrogen-bond donors (Lipinski definition) is 0. The van der Waals surface area contributed by atoms with Crippen molar-refractivity contribution in [1.29, 1.82) is 0 Å². The highest BCUT2D eigenvalue weighted by molar-refractivity contribution is 5.33. The molecule has 1 heteroatoms. The SMILES string of the molecule is CCC(C)(CC)c1cnc(C(C)(CC)CC)c(C)c1. The van der Waals surface area contributed by atoms with Crippen LogP contribution in [0.25, 0.3) is 0 Å². The number of aromatic nitrogens is 1. The molecule has 1 aromatic heterocycles. The molecule has 0 aliphatic heterocycles. The van der Waals surface area contributed by atoms with E-state index >= 15 is 0 Å². The summed E-state index contributed by atoms with van der Waals surface area (Å²) in [6, 6.07) is 2.37. The number of aryl methyl sites for hydroxylation is 1. The Kier molecular flexibility index (Phi) is 5.18. The number of nitrogens with zero attached hydrogens (tertiary/aromatic N) is 1. The largest absolute Gasteiger partial charge is 0.260 e. The van der Waals surface area contributed by atoms with Gasteiger partial charge in [0.15, 0.2) is 0 Å². The highest BCUT2D eigenvalue weighted by Crippen LogP contribution is 2.35. The van der Waals surface area contributed by atoms with Gasteiger partial charge in [0.25, 0.3) is 0 Å². The fourth-order valence-electron chi connectivity index (χ4n) is 2.78. The molecule has 1 rings (SSSR count). The van der Waals surface area contributed by atoms with Crippen LogP contribution in [-0.4, -0.2) is 4.98 Å². The van der Waals surface area contributed by atoms with Crippen LogP contribution in [0.3, 0.4) is 0 Å². The van der Waals surface area contributed by atoms with Gasteiger partial charge in [-0.25, -0.2) is 0 Å². The Balaban J connectivity index is 3.25. The van der Waals surface area contributed by atoms with Crippen LogP contribution in [0.15, 0.2) is 12.3 Å². The van der Waals surface area contributed by atoms with Crippen molar-refractivity contribution in [2.45, 2.75) is 85.0 Å². The zero-order valence-corrected chi connectivity index (χ0v) is 13.9. The third-order valence-electron chi connectivity index (χ3n) is 5.47. The molecule has 0 unspecified atom stereocenters. The lowest BCUT2D eigenvalue weighted by atomic mass is 9.75. The molecule has 0 N–H and O–H groups in total. The topological polar surface area (TPSA) is 12.9 Å². The molecule has 1 nitrogen and oxygen atoms in total. The average molecular weight is 261 g/mol. The molecule has 0 saturated carbocycles. The van der Waals surface area contributed by atoms with Gasteiger partial charge in [0.2, 0.25) is 0 Å². The molecule has 19 heavy (non-hydrogen) atoms. The second kappa shape index (κ2) is 6.07. The van der Waals surface area contributed by atoms with E-state index in [1.165, 1.54) is 29.7 Å². The fraction of sp³-hybridized carbons (Fsp3) is 0.722. The normalized spacial score (nSPS) is 12.8. The van der Waals surface area contributed by atoms with Crippen molar-refractivity contribution in [2.24, 2.45) is 0 Å².